The Kier molecular flexibility index (Phi) is 13.8. The van der Waals surface area contributed by atoms with Gasteiger partial charge >= 0.3 is 0 Å². The van der Waals surface area contributed by atoms with E-state index in [2.05, 4.69) is 24.1 Å². The third-order valence-corrected chi connectivity index (χ3v) is 13.3. The van der Waals surface area contributed by atoms with Crippen molar-refractivity contribution < 1.29 is 35.0 Å². The molecule has 1 saturated heterocycles. The first-order chi connectivity index (χ1) is 22.7. The van der Waals surface area contributed by atoms with E-state index in [4.69, 9.17) is 10.5 Å². The molecule has 8 heteroatoms. The Labute approximate surface area is 283 Å². The van der Waals surface area contributed by atoms with Gasteiger partial charge in [0.05, 0.1) is 18.8 Å². The van der Waals surface area contributed by atoms with Crippen molar-refractivity contribution in [3.63, 3.8) is 0 Å². The van der Waals surface area contributed by atoms with Gasteiger partial charge in [0.15, 0.2) is 0 Å². The lowest BCUT2D eigenvalue weighted by atomic mass is 9.63. The van der Waals surface area contributed by atoms with Crippen molar-refractivity contribution >= 4 is 11.6 Å². The summed E-state index contributed by atoms with van der Waals surface area (Å²) < 4.78 is 5.68. The maximum atomic E-state index is 14.2. The molecule has 13 unspecified atom stereocenters. The van der Waals surface area contributed by atoms with Gasteiger partial charge in [-0.05, 0) is 118 Å². The Bertz CT molecular complexity index is 1080. The summed E-state index contributed by atoms with van der Waals surface area (Å²) in [5.41, 5.74) is 6.37. The Morgan fingerprint density at radius 1 is 0.979 bits per heavy atom. The molecular weight excluding hydrogens is 592 g/mol. The zero-order valence-corrected chi connectivity index (χ0v) is 29.2. The molecule has 6 N–H and O–H groups in total. The van der Waals surface area contributed by atoms with Crippen LogP contribution in [0.4, 0.5) is 0 Å². The molecule has 5 rings (SSSR count). The van der Waals surface area contributed by atoms with Gasteiger partial charge in [0.1, 0.15) is 17.7 Å². The largest absolute Gasteiger partial charge is 0.841 e. The molecule has 13 atom stereocenters. The van der Waals surface area contributed by atoms with Crippen LogP contribution in [-0.2, 0) is 14.3 Å². The van der Waals surface area contributed by atoms with Gasteiger partial charge < -0.3 is 35.0 Å². The zero-order valence-electron chi connectivity index (χ0n) is 29.2. The van der Waals surface area contributed by atoms with Crippen LogP contribution in [0.1, 0.15) is 116 Å². The fourth-order valence-electron chi connectivity index (χ4n) is 10.7. The number of quaternary nitrogens is 1. The number of carbonyl (C=O) groups excluding carboxylic acids is 2. The van der Waals surface area contributed by atoms with Gasteiger partial charge in [-0.3, -0.25) is 5.73 Å². The highest BCUT2D eigenvalue weighted by Gasteiger charge is 2.44. The number of aliphatic hydroxyl groups excluding tert-OH is 2. The van der Waals surface area contributed by atoms with Crippen LogP contribution >= 0.6 is 0 Å². The van der Waals surface area contributed by atoms with Crippen molar-refractivity contribution in [2.75, 3.05) is 20.3 Å². The molecule has 0 amide bonds. The van der Waals surface area contributed by atoms with E-state index in [1.54, 1.807) is 7.11 Å². The third-order valence-electron chi connectivity index (χ3n) is 13.3. The van der Waals surface area contributed by atoms with E-state index in [-0.39, 0.29) is 60.8 Å². The molecule has 47 heavy (non-hydrogen) atoms. The summed E-state index contributed by atoms with van der Waals surface area (Å²) in [4.78, 5) is 27.7. The standard InChI is InChI=1S/C39H63N2O6/c1-3-7-29(23-42)30-18-25(16-24-14-15-41-37(40)19-24)17-27-10-12-31(26-8-5-4-6-9-26)32-22-35(44)36(47-2)21-28(32)11-13-34(43)39(46)38(45)33(27)20-30/h24-33,35-37,39,41-42,44H,3-9,11,13-23,40H2,1-2H3/q-1/p+1. The van der Waals surface area contributed by atoms with Crippen LogP contribution in [0.3, 0.4) is 0 Å². The molecule has 1 heterocycles. The topological polar surface area (TPSA) is 150 Å². The SMILES string of the molecule is CCCC(CO)C1CC(CC2CC[NH2+]C(N)C2)CC2C#CC(C3CCCCC3)C3CC(O)C(OC)CC3CCC(=O)C([O-])C(=O)C2C1. The van der Waals surface area contributed by atoms with Crippen molar-refractivity contribution in [2.45, 2.75) is 141 Å². The fourth-order valence-corrected chi connectivity index (χ4v) is 10.7. The summed E-state index contributed by atoms with van der Waals surface area (Å²) in [5.74, 6) is 7.53. The van der Waals surface area contributed by atoms with Gasteiger partial charge in [-0.1, -0.05) is 44.4 Å². The average Bonchev–Trinajstić information content (AvgIpc) is 3.25. The highest BCUT2D eigenvalue weighted by atomic mass is 16.5. The first-order valence-electron chi connectivity index (χ1n) is 19.4. The van der Waals surface area contributed by atoms with E-state index in [0.29, 0.717) is 43.4 Å². The molecule has 0 radical (unpaired) electrons. The molecular formula is C39H64N2O6. The zero-order chi connectivity index (χ0) is 33.5. The van der Waals surface area contributed by atoms with Crippen LogP contribution in [0.2, 0.25) is 0 Å². The normalized spacial score (nSPS) is 41.7. The van der Waals surface area contributed by atoms with E-state index in [0.717, 1.165) is 64.3 Å². The van der Waals surface area contributed by atoms with Gasteiger partial charge in [-0.2, -0.15) is 0 Å². The molecule has 8 nitrogen and oxygen atoms in total. The fraction of sp³-hybridized carbons (Fsp3) is 0.897. The Hall–Kier alpha value is -1.34. The van der Waals surface area contributed by atoms with Crippen LogP contribution in [0.5, 0.6) is 0 Å². The van der Waals surface area contributed by atoms with Crippen molar-refractivity contribution in [3.05, 3.63) is 0 Å². The Morgan fingerprint density at radius 2 is 1.77 bits per heavy atom. The van der Waals surface area contributed by atoms with E-state index in [1.165, 1.54) is 19.3 Å². The summed E-state index contributed by atoms with van der Waals surface area (Å²) in [7, 11) is 1.64. The lowest BCUT2D eigenvalue weighted by Crippen LogP contribution is -2.94. The molecule has 0 aromatic heterocycles. The van der Waals surface area contributed by atoms with E-state index >= 15 is 0 Å². The number of nitrogens with two attached hydrogens (primary N) is 2. The molecule has 1 aliphatic heterocycles. The smallest absolute Gasteiger partial charge is 0.137 e. The van der Waals surface area contributed by atoms with Gasteiger partial charge in [-0.15, -0.1) is 0 Å². The molecule has 0 spiro atoms. The molecule has 266 valence electrons. The minimum atomic E-state index is -1.88. The van der Waals surface area contributed by atoms with Crippen molar-refractivity contribution in [2.24, 2.45) is 64.9 Å². The minimum absolute atomic E-state index is 0.0688. The maximum Gasteiger partial charge on any atom is 0.137 e. The van der Waals surface area contributed by atoms with Crippen LogP contribution in [0.25, 0.3) is 0 Å². The third kappa shape index (κ3) is 9.27. The summed E-state index contributed by atoms with van der Waals surface area (Å²) in [5, 5.41) is 37.6. The number of hydrogen-bond donors (Lipinski definition) is 4. The van der Waals surface area contributed by atoms with E-state index < -0.39 is 29.7 Å². The van der Waals surface area contributed by atoms with Gasteiger partial charge in [0, 0.05) is 44.3 Å². The van der Waals surface area contributed by atoms with Crippen molar-refractivity contribution in [3.8, 4) is 11.8 Å². The number of piperidine rings is 1. The van der Waals surface area contributed by atoms with Gasteiger partial charge in [0.25, 0.3) is 0 Å². The van der Waals surface area contributed by atoms with Crippen molar-refractivity contribution in [1.82, 2.24) is 0 Å². The lowest BCUT2D eigenvalue weighted by Gasteiger charge is -2.44. The van der Waals surface area contributed by atoms with Gasteiger partial charge in [0.2, 0.25) is 0 Å². The second kappa shape index (κ2) is 17.5. The van der Waals surface area contributed by atoms with E-state index in [9.17, 15) is 24.9 Å². The quantitative estimate of drug-likeness (QED) is 0.232. The monoisotopic (exact) mass is 656 g/mol. The molecule has 0 aromatic rings. The number of hydrogen-bond acceptors (Lipinski definition) is 7. The number of methoxy groups -OCH3 is 1. The summed E-state index contributed by atoms with van der Waals surface area (Å²) in [6.07, 6.45) is 12.3. The van der Waals surface area contributed by atoms with Crippen LogP contribution in [0.15, 0.2) is 0 Å². The molecule has 3 saturated carbocycles. The summed E-state index contributed by atoms with van der Waals surface area (Å²) in [6.45, 7) is 3.24. The number of carbonyl (C=O) groups is 2. The molecule has 5 aliphatic rings. The second-order valence-electron chi connectivity index (χ2n) is 16.3. The number of ether oxygens (including phenoxy) is 1. The summed E-state index contributed by atoms with van der Waals surface area (Å²) in [6, 6.07) is 0. The van der Waals surface area contributed by atoms with Gasteiger partial charge in [-0.25, -0.2) is 0 Å². The average molecular weight is 657 g/mol. The molecule has 4 fully saturated rings. The molecule has 4 aliphatic carbocycles. The summed E-state index contributed by atoms with van der Waals surface area (Å²) >= 11 is 0. The lowest BCUT2D eigenvalue weighted by molar-refractivity contribution is -0.699. The highest BCUT2D eigenvalue weighted by molar-refractivity contribution is 6.05. The minimum Gasteiger partial charge on any atom is -0.841 e. The second-order valence-corrected chi connectivity index (χ2v) is 16.3. The predicted octanol–water partition coefficient (Wildman–Crippen LogP) is 2.95. The maximum absolute atomic E-state index is 14.2. The number of aliphatic hydroxyl groups is 2. The molecule has 0 aromatic carbocycles. The van der Waals surface area contributed by atoms with Crippen LogP contribution in [0, 0.1) is 71.0 Å². The van der Waals surface area contributed by atoms with Crippen LogP contribution in [-0.4, -0.2) is 66.5 Å². The Balaban J connectivity index is 1.54. The van der Waals surface area contributed by atoms with E-state index in [1.807, 2.05) is 0 Å². The number of rotatable bonds is 8. The van der Waals surface area contributed by atoms with Crippen molar-refractivity contribution in [1.29, 1.82) is 0 Å². The number of Topliss-reactive ketones (excluding diaryl/α,β-unsaturated/α-hetero) is 2. The van der Waals surface area contributed by atoms with Crippen LogP contribution < -0.4 is 16.2 Å². The highest BCUT2D eigenvalue weighted by Crippen LogP contribution is 2.47. The predicted molar refractivity (Wildman–Crippen MR) is 179 cm³/mol. The Morgan fingerprint density at radius 3 is 2.47 bits per heavy atom. The first-order valence-corrected chi connectivity index (χ1v) is 19.4. The number of fused-ring (bicyclic) bond motifs is 2. The number of ketones is 2. The molecule has 0 bridgehead atoms. The first kappa shape index (κ1) is 36.9.